The van der Waals surface area contributed by atoms with E-state index in [-0.39, 0.29) is 29.3 Å². The number of fused-ring (bicyclic) bond motifs is 5. The maximum atomic E-state index is 13.5. The predicted molar refractivity (Wildman–Crippen MR) is 88.5 cm³/mol. The Morgan fingerprint density at radius 1 is 1.20 bits per heavy atom. The van der Waals surface area contributed by atoms with Crippen LogP contribution in [0.4, 0.5) is 5.69 Å². The number of carbonyl (C=O) groups excluding carboxylic acids is 2. The van der Waals surface area contributed by atoms with Crippen LogP contribution in [0, 0.1) is 17.3 Å². The van der Waals surface area contributed by atoms with Gasteiger partial charge in [0, 0.05) is 10.4 Å². The first kappa shape index (κ1) is 14.4. The van der Waals surface area contributed by atoms with E-state index in [0.717, 1.165) is 12.8 Å². The van der Waals surface area contributed by atoms with E-state index in [1.807, 2.05) is 13.8 Å². The molecule has 2 amide bonds. The van der Waals surface area contributed by atoms with Gasteiger partial charge < -0.3 is 4.74 Å². The molecule has 4 heterocycles. The zero-order valence-electron chi connectivity index (χ0n) is 13.6. The van der Waals surface area contributed by atoms with Crippen molar-refractivity contribution in [3.8, 4) is 0 Å². The van der Waals surface area contributed by atoms with Crippen LogP contribution >= 0.6 is 15.9 Å². The lowest BCUT2D eigenvalue weighted by Crippen LogP contribution is -2.45. The molecule has 6 rings (SSSR count). The minimum Gasteiger partial charge on any atom is -0.368 e. The lowest BCUT2D eigenvalue weighted by Gasteiger charge is -2.30. The number of imide groups is 1. The van der Waals surface area contributed by atoms with Gasteiger partial charge in [-0.1, -0.05) is 0 Å². The molecule has 25 heavy (non-hydrogen) atoms. The number of anilines is 1. The quantitative estimate of drug-likeness (QED) is 0.679. The van der Waals surface area contributed by atoms with E-state index >= 15 is 0 Å². The number of amides is 2. The molecule has 1 spiro atoms. The molecule has 2 bridgehead atoms. The third-order valence-electron chi connectivity index (χ3n) is 6.92. The zero-order valence-corrected chi connectivity index (χ0v) is 15.2. The van der Waals surface area contributed by atoms with Crippen LogP contribution in [-0.2, 0) is 14.3 Å². The molecule has 3 unspecified atom stereocenters. The number of ether oxygens (including phenoxy) is 1. The molecule has 1 saturated carbocycles. The first-order valence-electron chi connectivity index (χ1n) is 8.34. The molecule has 1 aromatic carbocycles. The summed E-state index contributed by atoms with van der Waals surface area (Å²) in [5, 5.41) is 7.75. The highest BCUT2D eigenvalue weighted by molar-refractivity contribution is 9.10. The van der Waals surface area contributed by atoms with Gasteiger partial charge in [-0.2, -0.15) is 0 Å². The van der Waals surface area contributed by atoms with Crippen molar-refractivity contribution in [2.24, 2.45) is 17.3 Å². The van der Waals surface area contributed by atoms with Crippen molar-refractivity contribution in [2.45, 2.75) is 37.9 Å². The molecule has 1 aliphatic carbocycles. The summed E-state index contributed by atoms with van der Waals surface area (Å²) < 4.78 is 11.8. The van der Waals surface area contributed by atoms with Gasteiger partial charge in [0.05, 0.1) is 28.2 Å². The van der Waals surface area contributed by atoms with Crippen LogP contribution in [0.1, 0.15) is 26.7 Å². The van der Waals surface area contributed by atoms with Crippen LogP contribution in [0.3, 0.4) is 0 Å². The van der Waals surface area contributed by atoms with E-state index < -0.39 is 11.0 Å². The zero-order chi connectivity index (χ0) is 17.4. The summed E-state index contributed by atoms with van der Waals surface area (Å²) in [6, 6.07) is 3.46. The van der Waals surface area contributed by atoms with Crippen molar-refractivity contribution in [3.63, 3.8) is 0 Å². The summed E-state index contributed by atoms with van der Waals surface area (Å²) >= 11 is 3.38. The van der Waals surface area contributed by atoms with Gasteiger partial charge in [-0.3, -0.25) is 9.59 Å². The Morgan fingerprint density at radius 2 is 1.96 bits per heavy atom. The summed E-state index contributed by atoms with van der Waals surface area (Å²) in [4.78, 5) is 27.9. The smallest absolute Gasteiger partial charge is 0.244 e. The lowest BCUT2D eigenvalue weighted by atomic mass is 9.74. The third-order valence-corrected chi connectivity index (χ3v) is 7.56. The van der Waals surface area contributed by atoms with Gasteiger partial charge in [-0.15, -0.1) is 0 Å². The number of carbonyl (C=O) groups is 2. The van der Waals surface area contributed by atoms with Gasteiger partial charge in [0.25, 0.3) is 0 Å². The standard InChI is InChI=1S/C17H14BrN3O4/c1-15-5-6-16(2,24-15)17-9(12(15)17)13(22)21(14(17)23)8-4-3-7(18)10-11(8)20-25-19-10/h3-4,9,12H,5-6H2,1-2H3/t9?,12-,15?,16?,17-/m1/s1. The highest BCUT2D eigenvalue weighted by atomic mass is 79.9. The number of benzene rings is 1. The number of nitrogens with zero attached hydrogens (tertiary/aromatic N) is 3. The molecule has 3 aliphatic heterocycles. The van der Waals surface area contributed by atoms with Crippen molar-refractivity contribution < 1.29 is 19.0 Å². The minimum atomic E-state index is -0.715. The highest BCUT2D eigenvalue weighted by Gasteiger charge is 2.94. The minimum absolute atomic E-state index is 0.00336. The molecule has 0 radical (unpaired) electrons. The third kappa shape index (κ3) is 1.25. The monoisotopic (exact) mass is 403 g/mol. The fourth-order valence-electron chi connectivity index (χ4n) is 5.98. The fourth-order valence-corrected chi connectivity index (χ4v) is 6.37. The number of aromatic nitrogens is 2. The Labute approximate surface area is 150 Å². The van der Waals surface area contributed by atoms with E-state index in [4.69, 9.17) is 9.37 Å². The van der Waals surface area contributed by atoms with E-state index in [1.165, 1.54) is 4.90 Å². The van der Waals surface area contributed by atoms with Crippen molar-refractivity contribution in [1.82, 2.24) is 10.3 Å². The molecule has 0 N–H and O–H groups in total. The second kappa shape index (κ2) is 3.81. The second-order valence-electron chi connectivity index (χ2n) is 7.98. The van der Waals surface area contributed by atoms with Crippen LogP contribution < -0.4 is 4.90 Å². The van der Waals surface area contributed by atoms with E-state index in [1.54, 1.807) is 12.1 Å². The fraction of sp³-hybridized carbons (Fsp3) is 0.529. The SMILES string of the molecule is CC12CCC(C)(O1)[C@]13C(=O)N(c4ccc(Br)c5nonc45)C(=O)C1[C@H]23. The van der Waals surface area contributed by atoms with E-state index in [0.29, 0.717) is 21.2 Å². The van der Waals surface area contributed by atoms with Crippen LogP contribution in [0.25, 0.3) is 11.0 Å². The molecule has 1 aromatic heterocycles. The molecule has 4 aliphatic rings. The number of halogens is 1. The van der Waals surface area contributed by atoms with Gasteiger partial charge >= 0.3 is 0 Å². The number of hydrogen-bond acceptors (Lipinski definition) is 6. The maximum absolute atomic E-state index is 13.5. The molecule has 3 saturated heterocycles. The van der Waals surface area contributed by atoms with E-state index in [9.17, 15) is 9.59 Å². The Morgan fingerprint density at radius 3 is 2.76 bits per heavy atom. The maximum Gasteiger partial charge on any atom is 0.244 e. The summed E-state index contributed by atoms with van der Waals surface area (Å²) in [6.07, 6.45) is 1.72. The summed E-state index contributed by atoms with van der Waals surface area (Å²) in [5.74, 6) is -0.601. The van der Waals surface area contributed by atoms with Crippen molar-refractivity contribution in [1.29, 1.82) is 0 Å². The Hall–Kier alpha value is -1.80. The molecule has 7 nitrogen and oxygen atoms in total. The molecule has 5 atom stereocenters. The number of hydrogen-bond donors (Lipinski definition) is 0. The Bertz CT molecular complexity index is 1020. The molecule has 8 heteroatoms. The van der Waals surface area contributed by atoms with Crippen molar-refractivity contribution in [3.05, 3.63) is 16.6 Å². The van der Waals surface area contributed by atoms with Crippen LogP contribution in [0.5, 0.6) is 0 Å². The summed E-state index contributed by atoms with van der Waals surface area (Å²) in [6.45, 7) is 4.03. The van der Waals surface area contributed by atoms with Crippen LogP contribution in [0.2, 0.25) is 0 Å². The Kier molecular flexibility index (Phi) is 2.19. The number of piperidine rings is 1. The van der Waals surface area contributed by atoms with E-state index in [2.05, 4.69) is 26.2 Å². The molecular formula is C17H14BrN3O4. The second-order valence-corrected chi connectivity index (χ2v) is 8.83. The van der Waals surface area contributed by atoms with Gasteiger partial charge in [0.2, 0.25) is 11.8 Å². The average molecular weight is 404 g/mol. The van der Waals surface area contributed by atoms with Gasteiger partial charge in [0.15, 0.2) is 11.0 Å². The predicted octanol–water partition coefficient (Wildman–Crippen LogP) is 2.43. The lowest BCUT2D eigenvalue weighted by molar-refractivity contribution is -0.131. The molecular weight excluding hydrogens is 390 g/mol. The molecule has 4 fully saturated rings. The highest BCUT2D eigenvalue weighted by Crippen LogP contribution is 2.83. The summed E-state index contributed by atoms with van der Waals surface area (Å²) in [5.41, 5.74) is -0.295. The van der Waals surface area contributed by atoms with Crippen molar-refractivity contribution >= 4 is 44.5 Å². The van der Waals surface area contributed by atoms with Gasteiger partial charge in [0.1, 0.15) is 0 Å². The van der Waals surface area contributed by atoms with Gasteiger partial charge in [-0.25, -0.2) is 9.53 Å². The van der Waals surface area contributed by atoms with Crippen LogP contribution in [-0.4, -0.2) is 33.3 Å². The largest absolute Gasteiger partial charge is 0.368 e. The number of rotatable bonds is 1. The van der Waals surface area contributed by atoms with Crippen LogP contribution in [0.15, 0.2) is 21.2 Å². The van der Waals surface area contributed by atoms with Crippen molar-refractivity contribution in [2.75, 3.05) is 4.90 Å². The average Bonchev–Trinajstić information content (AvgIpc) is 2.79. The first-order valence-corrected chi connectivity index (χ1v) is 9.14. The first-order chi connectivity index (χ1) is 11.9. The molecule has 2 aromatic rings. The topological polar surface area (TPSA) is 85.5 Å². The normalized spacial score (nSPS) is 43.9. The Balaban J connectivity index is 1.53. The molecule has 128 valence electrons. The summed E-state index contributed by atoms with van der Waals surface area (Å²) in [7, 11) is 0. The van der Waals surface area contributed by atoms with Gasteiger partial charge in [-0.05, 0) is 65.1 Å².